The third-order valence-electron chi connectivity index (χ3n) is 8.62. The Kier molecular flexibility index (Phi) is 10.1. The molecule has 1 saturated carbocycles. The monoisotopic (exact) mass is 609 g/mol. The van der Waals surface area contributed by atoms with E-state index in [4.69, 9.17) is 18.9 Å². The molecule has 0 bridgehead atoms. The van der Waals surface area contributed by atoms with Crippen molar-refractivity contribution in [1.29, 1.82) is 0 Å². The first-order valence-corrected chi connectivity index (χ1v) is 17.9. The summed E-state index contributed by atoms with van der Waals surface area (Å²) in [7, 11) is -0.402. The van der Waals surface area contributed by atoms with Gasteiger partial charge in [0, 0.05) is 24.1 Å². The summed E-state index contributed by atoms with van der Waals surface area (Å²) in [6.45, 7) is 13.7. The predicted octanol–water partition coefficient (Wildman–Crippen LogP) is 7.38. The van der Waals surface area contributed by atoms with Gasteiger partial charge in [-0.1, -0.05) is 45.0 Å². The first-order valence-electron chi connectivity index (χ1n) is 15.0. The molecule has 4 rings (SSSR count). The number of carbonyl (C=O) groups excluding carboxylic acids is 2. The van der Waals surface area contributed by atoms with Crippen LogP contribution in [0, 0.1) is 5.82 Å². The summed E-state index contributed by atoms with van der Waals surface area (Å²) in [5, 5.41) is 2.98. The van der Waals surface area contributed by atoms with E-state index in [9.17, 15) is 14.0 Å². The average molecular weight is 610 g/mol. The third-order valence-corrected chi connectivity index (χ3v) is 13.2. The van der Waals surface area contributed by atoms with Gasteiger partial charge in [-0.05, 0) is 74.5 Å². The number of aromatic amines is 1. The highest BCUT2D eigenvalue weighted by atomic mass is 28.4. The number of methoxy groups -OCH3 is 1. The van der Waals surface area contributed by atoms with Gasteiger partial charge in [-0.25, -0.2) is 14.2 Å². The summed E-state index contributed by atoms with van der Waals surface area (Å²) >= 11 is 0. The lowest BCUT2D eigenvalue weighted by molar-refractivity contribution is 0.0520. The van der Waals surface area contributed by atoms with Gasteiger partial charge in [0.05, 0.1) is 19.3 Å². The van der Waals surface area contributed by atoms with Crippen LogP contribution in [0.3, 0.4) is 0 Å². The second kappa shape index (κ2) is 13.4. The number of benzene rings is 2. The van der Waals surface area contributed by atoms with E-state index in [1.807, 2.05) is 24.3 Å². The fourth-order valence-corrected chi connectivity index (χ4v) is 6.53. The number of imidazole rings is 1. The molecule has 0 spiro atoms. The molecule has 1 fully saturated rings. The zero-order chi connectivity index (χ0) is 31.4. The van der Waals surface area contributed by atoms with E-state index in [0.717, 1.165) is 48.7 Å². The molecule has 0 radical (unpaired) electrons. The molecule has 10 heteroatoms. The molecule has 1 aliphatic rings. The first-order chi connectivity index (χ1) is 20.3. The molecular weight excluding hydrogens is 565 g/mol. The van der Waals surface area contributed by atoms with Crippen molar-refractivity contribution in [1.82, 2.24) is 15.3 Å². The minimum atomic E-state index is -1.84. The van der Waals surface area contributed by atoms with Gasteiger partial charge >= 0.3 is 5.97 Å². The van der Waals surface area contributed by atoms with Crippen LogP contribution in [0.4, 0.5) is 4.39 Å². The molecule has 0 saturated heterocycles. The van der Waals surface area contributed by atoms with Gasteiger partial charge in [0.1, 0.15) is 23.1 Å². The summed E-state index contributed by atoms with van der Waals surface area (Å²) in [4.78, 5) is 33.8. The van der Waals surface area contributed by atoms with Gasteiger partial charge in [-0.2, -0.15) is 0 Å². The van der Waals surface area contributed by atoms with E-state index in [2.05, 4.69) is 44.2 Å². The molecule has 2 N–H and O–H groups in total. The number of aromatic nitrogens is 2. The van der Waals surface area contributed by atoms with Crippen molar-refractivity contribution in [2.45, 2.75) is 90.1 Å². The van der Waals surface area contributed by atoms with Crippen molar-refractivity contribution in [3.63, 3.8) is 0 Å². The summed E-state index contributed by atoms with van der Waals surface area (Å²) in [5.41, 5.74) is 2.62. The van der Waals surface area contributed by atoms with Crippen LogP contribution in [-0.4, -0.2) is 50.0 Å². The van der Waals surface area contributed by atoms with Crippen molar-refractivity contribution < 1.29 is 27.9 Å². The van der Waals surface area contributed by atoms with Crippen molar-refractivity contribution >= 4 is 20.2 Å². The van der Waals surface area contributed by atoms with Crippen LogP contribution in [0.1, 0.15) is 91.5 Å². The molecule has 43 heavy (non-hydrogen) atoms. The molecule has 1 aliphatic carbocycles. The third kappa shape index (κ3) is 7.72. The molecule has 2 aromatic carbocycles. The highest BCUT2D eigenvalue weighted by Crippen LogP contribution is 2.41. The Balaban J connectivity index is 1.46. The minimum absolute atomic E-state index is 0.128. The molecule has 0 atom stereocenters. The van der Waals surface area contributed by atoms with Crippen LogP contribution in [0.25, 0.3) is 11.3 Å². The van der Waals surface area contributed by atoms with Crippen LogP contribution in [0.15, 0.2) is 42.5 Å². The number of nitrogens with one attached hydrogen (secondary N) is 2. The molecule has 0 unspecified atom stereocenters. The minimum Gasteiger partial charge on any atom is -0.496 e. The van der Waals surface area contributed by atoms with Crippen molar-refractivity contribution in [3.05, 3.63) is 70.9 Å². The number of amides is 1. The standard InChI is InChI=1S/C33H44FN3O5Si/c1-8-41-32(39)29-28(36-30(37-29)23-13-16-25(17-14-23)42-43(6,7)33(2,3)4)22-11-9-21(10-12-22)20-35-31(38)26-19-24(34)15-18-27(26)40-5/h9-12,15,18-19,23,25H,8,13-14,16-17,20H2,1-7H3,(H,35,38)(H,36,37)/t23-,25+. The quantitative estimate of drug-likeness (QED) is 0.184. The summed E-state index contributed by atoms with van der Waals surface area (Å²) in [6, 6.07) is 11.3. The highest BCUT2D eigenvalue weighted by Gasteiger charge is 2.40. The lowest BCUT2D eigenvalue weighted by Gasteiger charge is -2.41. The Hall–Kier alpha value is -3.50. The van der Waals surface area contributed by atoms with Crippen LogP contribution in [-0.2, 0) is 15.7 Å². The Morgan fingerprint density at radius 3 is 2.35 bits per heavy atom. The molecule has 0 aliphatic heterocycles. The summed E-state index contributed by atoms with van der Waals surface area (Å²) in [5.74, 6) is -0.0945. The maximum Gasteiger partial charge on any atom is 0.357 e. The highest BCUT2D eigenvalue weighted by molar-refractivity contribution is 6.74. The van der Waals surface area contributed by atoms with E-state index < -0.39 is 26.0 Å². The zero-order valence-corrected chi connectivity index (χ0v) is 27.3. The van der Waals surface area contributed by atoms with E-state index in [-0.39, 0.29) is 35.8 Å². The molecule has 3 aromatic rings. The number of halogens is 1. The Morgan fingerprint density at radius 2 is 1.74 bits per heavy atom. The van der Waals surface area contributed by atoms with Crippen LogP contribution < -0.4 is 10.1 Å². The van der Waals surface area contributed by atoms with Gasteiger partial charge in [0.2, 0.25) is 0 Å². The van der Waals surface area contributed by atoms with E-state index in [1.54, 1.807) is 6.92 Å². The number of rotatable bonds is 10. The van der Waals surface area contributed by atoms with Crippen molar-refractivity contribution in [2.75, 3.05) is 13.7 Å². The first kappa shape index (κ1) is 32.4. The molecule has 1 aromatic heterocycles. The van der Waals surface area contributed by atoms with Gasteiger partial charge in [-0.3, -0.25) is 4.79 Å². The van der Waals surface area contributed by atoms with Gasteiger partial charge in [-0.15, -0.1) is 0 Å². The lowest BCUT2D eigenvalue weighted by atomic mass is 9.87. The van der Waals surface area contributed by atoms with E-state index in [1.165, 1.54) is 19.2 Å². The zero-order valence-electron chi connectivity index (χ0n) is 26.3. The van der Waals surface area contributed by atoms with Crippen LogP contribution >= 0.6 is 0 Å². The number of hydrogen-bond donors (Lipinski definition) is 2. The molecule has 1 amide bonds. The fourth-order valence-electron chi connectivity index (χ4n) is 5.11. The normalized spacial score (nSPS) is 17.4. The summed E-state index contributed by atoms with van der Waals surface area (Å²) in [6.07, 6.45) is 4.05. The van der Waals surface area contributed by atoms with Crippen LogP contribution in [0.5, 0.6) is 5.75 Å². The largest absolute Gasteiger partial charge is 0.496 e. The molecule has 8 nitrogen and oxygen atoms in total. The number of nitrogens with zero attached hydrogens (tertiary/aromatic N) is 1. The molecule has 232 valence electrons. The Labute approximate surface area is 254 Å². The van der Waals surface area contributed by atoms with E-state index >= 15 is 0 Å². The fraction of sp³-hybridized carbons (Fsp3) is 0.485. The van der Waals surface area contributed by atoms with Crippen molar-refractivity contribution in [3.8, 4) is 17.0 Å². The number of hydrogen-bond acceptors (Lipinski definition) is 6. The Bertz CT molecular complexity index is 1420. The van der Waals surface area contributed by atoms with Gasteiger partial charge in [0.25, 0.3) is 5.91 Å². The molecular formula is C33H44FN3O5Si. The number of carbonyl (C=O) groups is 2. The van der Waals surface area contributed by atoms with Crippen LogP contribution in [0.2, 0.25) is 18.1 Å². The average Bonchev–Trinajstić information content (AvgIpc) is 3.41. The Morgan fingerprint density at radius 1 is 1.07 bits per heavy atom. The SMILES string of the molecule is CCOC(=O)c1[nH]c([C@H]2CC[C@@H](O[Si](C)(C)C(C)(C)C)CC2)nc1-c1ccc(CNC(=O)c2cc(F)ccc2OC)cc1. The lowest BCUT2D eigenvalue weighted by Crippen LogP contribution is -2.44. The van der Waals surface area contributed by atoms with Gasteiger partial charge in [0.15, 0.2) is 14.0 Å². The number of esters is 1. The van der Waals surface area contributed by atoms with Crippen molar-refractivity contribution in [2.24, 2.45) is 0 Å². The predicted molar refractivity (Wildman–Crippen MR) is 167 cm³/mol. The topological polar surface area (TPSA) is 103 Å². The van der Waals surface area contributed by atoms with E-state index in [0.29, 0.717) is 17.1 Å². The second-order valence-electron chi connectivity index (χ2n) is 12.6. The number of H-pyrrole nitrogens is 1. The maximum absolute atomic E-state index is 13.7. The summed E-state index contributed by atoms with van der Waals surface area (Å²) < 4.78 is 30.9. The molecule has 1 heterocycles. The smallest absolute Gasteiger partial charge is 0.357 e. The maximum atomic E-state index is 13.7. The van der Waals surface area contributed by atoms with Gasteiger partial charge < -0.3 is 24.2 Å². The second-order valence-corrected chi connectivity index (χ2v) is 17.4. The number of ether oxygens (including phenoxy) is 2.